The second-order valence-corrected chi connectivity index (χ2v) is 6.12. The van der Waals surface area contributed by atoms with Gasteiger partial charge in [-0.05, 0) is 46.4 Å². The van der Waals surface area contributed by atoms with E-state index in [0.717, 1.165) is 16.8 Å². The standard InChI is InChI=1S/C11H16BrNO2S/c1-3-9(5-11(14)15)13(2)6-8-4-10(12)16-7-8/h4,7,9H,3,5-6H2,1-2H3,(H,14,15). The Morgan fingerprint density at radius 2 is 2.38 bits per heavy atom. The molecule has 1 N–H and O–H groups in total. The summed E-state index contributed by atoms with van der Waals surface area (Å²) < 4.78 is 1.11. The minimum atomic E-state index is -0.731. The molecule has 0 aromatic carbocycles. The monoisotopic (exact) mass is 305 g/mol. The van der Waals surface area contributed by atoms with E-state index in [1.165, 1.54) is 5.56 Å². The van der Waals surface area contributed by atoms with Crippen LogP contribution in [0.15, 0.2) is 15.2 Å². The number of aliphatic carboxylic acids is 1. The van der Waals surface area contributed by atoms with Crippen LogP contribution in [-0.4, -0.2) is 29.1 Å². The molecule has 0 spiro atoms. The Morgan fingerprint density at radius 3 is 2.81 bits per heavy atom. The minimum absolute atomic E-state index is 0.108. The lowest BCUT2D eigenvalue weighted by molar-refractivity contribution is -0.138. The highest BCUT2D eigenvalue weighted by Gasteiger charge is 2.16. The van der Waals surface area contributed by atoms with Crippen molar-refractivity contribution < 1.29 is 9.90 Å². The van der Waals surface area contributed by atoms with E-state index in [1.54, 1.807) is 11.3 Å². The van der Waals surface area contributed by atoms with E-state index >= 15 is 0 Å². The zero-order valence-corrected chi connectivity index (χ0v) is 11.8. The number of rotatable bonds is 6. The van der Waals surface area contributed by atoms with Crippen LogP contribution in [0, 0.1) is 0 Å². The van der Waals surface area contributed by atoms with E-state index in [2.05, 4.69) is 32.3 Å². The van der Waals surface area contributed by atoms with Crippen molar-refractivity contribution in [2.24, 2.45) is 0 Å². The molecule has 1 atom stereocenters. The second-order valence-electron chi connectivity index (χ2n) is 3.83. The summed E-state index contributed by atoms with van der Waals surface area (Å²) in [5, 5.41) is 10.9. The zero-order valence-electron chi connectivity index (χ0n) is 9.44. The van der Waals surface area contributed by atoms with Gasteiger partial charge in [0, 0.05) is 12.6 Å². The summed E-state index contributed by atoms with van der Waals surface area (Å²) in [6.07, 6.45) is 1.06. The molecule has 1 rings (SSSR count). The number of thiophene rings is 1. The van der Waals surface area contributed by atoms with Crippen molar-refractivity contribution >= 4 is 33.2 Å². The molecule has 5 heteroatoms. The summed E-state index contributed by atoms with van der Waals surface area (Å²) in [5.74, 6) is -0.731. The highest BCUT2D eigenvalue weighted by Crippen LogP contribution is 2.22. The molecule has 0 aliphatic carbocycles. The van der Waals surface area contributed by atoms with Gasteiger partial charge >= 0.3 is 5.97 Å². The number of nitrogens with zero attached hydrogens (tertiary/aromatic N) is 1. The van der Waals surface area contributed by atoms with E-state index in [9.17, 15) is 4.79 Å². The Bertz CT molecular complexity index is 354. The number of carboxylic acids is 1. The summed E-state index contributed by atoms with van der Waals surface area (Å²) in [7, 11) is 1.97. The van der Waals surface area contributed by atoms with Gasteiger partial charge in [-0.25, -0.2) is 0 Å². The van der Waals surface area contributed by atoms with Crippen molar-refractivity contribution in [1.82, 2.24) is 4.90 Å². The molecule has 3 nitrogen and oxygen atoms in total. The topological polar surface area (TPSA) is 40.5 Å². The summed E-state index contributed by atoms with van der Waals surface area (Å²) in [4.78, 5) is 12.8. The highest BCUT2D eigenvalue weighted by molar-refractivity contribution is 9.11. The van der Waals surface area contributed by atoms with Gasteiger partial charge in [0.05, 0.1) is 10.2 Å². The molecule has 90 valence electrons. The van der Waals surface area contributed by atoms with Crippen LogP contribution in [0.25, 0.3) is 0 Å². The van der Waals surface area contributed by atoms with Gasteiger partial charge in [0.25, 0.3) is 0 Å². The first-order valence-electron chi connectivity index (χ1n) is 5.17. The molecule has 0 aliphatic heterocycles. The van der Waals surface area contributed by atoms with Crippen molar-refractivity contribution in [3.05, 3.63) is 20.8 Å². The number of carbonyl (C=O) groups is 1. The SMILES string of the molecule is CCC(CC(=O)O)N(C)Cc1csc(Br)c1. The second kappa shape index (κ2) is 6.37. The number of hydrogen-bond acceptors (Lipinski definition) is 3. The predicted octanol–water partition coefficient (Wildman–Crippen LogP) is 3.20. The first kappa shape index (κ1) is 13.7. The Morgan fingerprint density at radius 1 is 1.69 bits per heavy atom. The van der Waals surface area contributed by atoms with Crippen LogP contribution in [0.1, 0.15) is 25.3 Å². The summed E-state index contributed by atoms with van der Waals surface area (Å²) in [6.45, 7) is 2.82. The van der Waals surface area contributed by atoms with Crippen LogP contribution in [0.2, 0.25) is 0 Å². The molecular formula is C11H16BrNO2S. The lowest BCUT2D eigenvalue weighted by Crippen LogP contribution is -2.32. The smallest absolute Gasteiger partial charge is 0.304 e. The predicted molar refractivity (Wildman–Crippen MR) is 69.8 cm³/mol. The van der Waals surface area contributed by atoms with Gasteiger partial charge in [0.1, 0.15) is 0 Å². The first-order chi connectivity index (χ1) is 7.52. The van der Waals surface area contributed by atoms with Gasteiger partial charge < -0.3 is 5.11 Å². The third-order valence-electron chi connectivity index (χ3n) is 2.56. The van der Waals surface area contributed by atoms with Crippen molar-refractivity contribution in [1.29, 1.82) is 0 Å². The number of carboxylic acid groups (broad SMARTS) is 1. The number of halogens is 1. The van der Waals surface area contributed by atoms with Crippen LogP contribution < -0.4 is 0 Å². The maximum atomic E-state index is 10.7. The van der Waals surface area contributed by atoms with E-state index in [4.69, 9.17) is 5.11 Å². The summed E-state index contributed by atoms with van der Waals surface area (Å²) in [5.41, 5.74) is 1.23. The third kappa shape index (κ3) is 4.23. The van der Waals surface area contributed by atoms with Crippen LogP contribution in [0.4, 0.5) is 0 Å². The molecule has 0 radical (unpaired) electrons. The minimum Gasteiger partial charge on any atom is -0.481 e. The largest absolute Gasteiger partial charge is 0.481 e. The molecule has 1 aromatic heterocycles. The van der Waals surface area contributed by atoms with Crippen molar-refractivity contribution in [3.63, 3.8) is 0 Å². The highest BCUT2D eigenvalue weighted by atomic mass is 79.9. The molecular weight excluding hydrogens is 290 g/mol. The zero-order chi connectivity index (χ0) is 12.1. The van der Waals surface area contributed by atoms with Crippen molar-refractivity contribution in [3.8, 4) is 0 Å². The Labute approximate surface area is 108 Å². The molecule has 0 saturated heterocycles. The average Bonchev–Trinajstić information content (AvgIpc) is 2.60. The first-order valence-corrected chi connectivity index (χ1v) is 6.85. The Hall–Kier alpha value is -0.390. The van der Waals surface area contributed by atoms with Crippen LogP contribution >= 0.6 is 27.3 Å². The van der Waals surface area contributed by atoms with Crippen LogP contribution in [0.3, 0.4) is 0 Å². The van der Waals surface area contributed by atoms with Crippen molar-refractivity contribution in [2.45, 2.75) is 32.4 Å². The normalized spacial score (nSPS) is 13.0. The molecule has 16 heavy (non-hydrogen) atoms. The molecule has 1 unspecified atom stereocenters. The molecule has 0 fully saturated rings. The quantitative estimate of drug-likeness (QED) is 0.877. The Balaban J connectivity index is 2.55. The fraction of sp³-hybridized carbons (Fsp3) is 0.545. The van der Waals surface area contributed by atoms with Gasteiger partial charge in [0.15, 0.2) is 0 Å². The average molecular weight is 306 g/mol. The molecule has 1 heterocycles. The molecule has 1 aromatic rings. The van der Waals surface area contributed by atoms with E-state index in [-0.39, 0.29) is 12.5 Å². The molecule has 0 aliphatic rings. The number of hydrogen-bond donors (Lipinski definition) is 1. The fourth-order valence-corrected chi connectivity index (χ4v) is 2.86. The molecule has 0 bridgehead atoms. The lowest BCUT2D eigenvalue weighted by atomic mass is 10.1. The summed E-state index contributed by atoms with van der Waals surface area (Å²) >= 11 is 5.08. The summed E-state index contributed by atoms with van der Waals surface area (Å²) in [6, 6.07) is 2.19. The molecule has 0 saturated carbocycles. The van der Waals surface area contributed by atoms with Gasteiger partial charge in [-0.3, -0.25) is 9.69 Å². The van der Waals surface area contributed by atoms with E-state index in [1.807, 2.05) is 14.0 Å². The fourth-order valence-electron chi connectivity index (χ4n) is 1.66. The molecule has 0 amide bonds. The maximum Gasteiger partial charge on any atom is 0.304 e. The van der Waals surface area contributed by atoms with Gasteiger partial charge in [-0.2, -0.15) is 0 Å². The third-order valence-corrected chi connectivity index (χ3v) is 4.11. The maximum absolute atomic E-state index is 10.7. The Kier molecular flexibility index (Phi) is 5.44. The van der Waals surface area contributed by atoms with Crippen molar-refractivity contribution in [2.75, 3.05) is 7.05 Å². The van der Waals surface area contributed by atoms with Gasteiger partial charge in [-0.15, -0.1) is 11.3 Å². The van der Waals surface area contributed by atoms with Crippen LogP contribution in [0.5, 0.6) is 0 Å². The van der Waals surface area contributed by atoms with Gasteiger partial charge in [0.2, 0.25) is 0 Å². The lowest BCUT2D eigenvalue weighted by Gasteiger charge is -2.25. The van der Waals surface area contributed by atoms with E-state index in [0.29, 0.717) is 0 Å². The van der Waals surface area contributed by atoms with E-state index < -0.39 is 5.97 Å². The van der Waals surface area contributed by atoms with Gasteiger partial charge in [-0.1, -0.05) is 6.92 Å². The van der Waals surface area contributed by atoms with Crippen LogP contribution in [-0.2, 0) is 11.3 Å².